The number of amides is 1. The molecular formula is C31H28ClN5O2S. The lowest BCUT2D eigenvalue weighted by Crippen LogP contribution is -2.32. The molecule has 1 amide bonds. The Morgan fingerprint density at radius 1 is 1.02 bits per heavy atom. The third-order valence-electron chi connectivity index (χ3n) is 6.34. The van der Waals surface area contributed by atoms with Crippen LogP contribution in [0.15, 0.2) is 83.3 Å². The van der Waals surface area contributed by atoms with Gasteiger partial charge >= 0.3 is 0 Å². The number of aryl methyl sites for hydroxylation is 2. The Balaban J connectivity index is 1.18. The van der Waals surface area contributed by atoms with Crippen molar-refractivity contribution in [2.75, 3.05) is 5.32 Å². The summed E-state index contributed by atoms with van der Waals surface area (Å²) in [5, 5.41) is 15.7. The summed E-state index contributed by atoms with van der Waals surface area (Å²) in [5.74, 6) is 0.809. The van der Waals surface area contributed by atoms with Gasteiger partial charge in [0.1, 0.15) is 22.6 Å². The molecule has 0 aliphatic rings. The Morgan fingerprint density at radius 2 is 1.82 bits per heavy atom. The second kappa shape index (κ2) is 12.3. The number of hydrogen-bond donors (Lipinski definition) is 2. The molecule has 0 radical (unpaired) electrons. The van der Waals surface area contributed by atoms with E-state index < -0.39 is 0 Å². The number of nitrogens with zero attached hydrogens (tertiary/aromatic N) is 3. The van der Waals surface area contributed by atoms with Gasteiger partial charge in [-0.1, -0.05) is 49.2 Å². The van der Waals surface area contributed by atoms with Crippen LogP contribution in [-0.4, -0.2) is 26.0 Å². The molecule has 2 aromatic heterocycles. The van der Waals surface area contributed by atoms with Crippen molar-refractivity contribution in [3.05, 3.63) is 101 Å². The maximum Gasteiger partial charge on any atom is 0.250 e. The monoisotopic (exact) mass is 569 g/mol. The summed E-state index contributed by atoms with van der Waals surface area (Å²) >= 11 is 11.5. The van der Waals surface area contributed by atoms with Crippen molar-refractivity contribution in [2.45, 2.75) is 33.1 Å². The van der Waals surface area contributed by atoms with Gasteiger partial charge < -0.3 is 9.73 Å². The number of carbonyl (C=O) groups excluding carboxylic acids is 1. The number of fused-ring (bicyclic) bond motifs is 1. The molecule has 0 aliphatic heterocycles. The molecule has 0 spiro atoms. The molecule has 0 atom stereocenters. The van der Waals surface area contributed by atoms with E-state index in [0.717, 1.165) is 28.8 Å². The van der Waals surface area contributed by atoms with Gasteiger partial charge in [0, 0.05) is 22.3 Å². The van der Waals surface area contributed by atoms with Crippen LogP contribution in [0.2, 0.25) is 5.02 Å². The van der Waals surface area contributed by atoms with E-state index in [1.807, 2.05) is 61.5 Å². The zero-order valence-corrected chi connectivity index (χ0v) is 23.7. The zero-order valence-electron chi connectivity index (χ0n) is 22.1. The Kier molecular flexibility index (Phi) is 8.38. The number of carbonyl (C=O) groups is 1. The van der Waals surface area contributed by atoms with Crippen molar-refractivity contribution in [1.29, 1.82) is 0 Å². The summed E-state index contributed by atoms with van der Waals surface area (Å²) in [4.78, 5) is 14.0. The van der Waals surface area contributed by atoms with Gasteiger partial charge in [0.25, 0.3) is 0 Å². The number of unbranched alkanes of at least 4 members (excludes halogenated alkanes) is 1. The lowest BCUT2D eigenvalue weighted by molar-refractivity contribution is -0.115. The standard InChI is InChI=1S/C31H28ClN5O2S/c1-3-4-5-21-7-11-24(12-8-21)37-35-27-15-10-23(19-28(27)36-37)33-31(40)34-30(38)17-14-25-13-16-29(39-25)22-9-6-20(2)26(32)18-22/h6-19H,3-5H2,1-2H3,(H2,33,34,38,40)/b17-14+. The van der Waals surface area contributed by atoms with E-state index in [2.05, 4.69) is 39.9 Å². The average molecular weight is 570 g/mol. The van der Waals surface area contributed by atoms with Crippen LogP contribution in [0.25, 0.3) is 34.1 Å². The highest BCUT2D eigenvalue weighted by molar-refractivity contribution is 7.80. The molecule has 0 aliphatic carbocycles. The molecule has 0 saturated heterocycles. The van der Waals surface area contributed by atoms with Crippen molar-refractivity contribution in [2.24, 2.45) is 0 Å². The minimum absolute atomic E-state index is 0.165. The molecule has 202 valence electrons. The van der Waals surface area contributed by atoms with Crippen LogP contribution in [0.1, 0.15) is 36.7 Å². The van der Waals surface area contributed by atoms with Gasteiger partial charge in [-0.15, -0.1) is 10.2 Å². The van der Waals surface area contributed by atoms with Gasteiger partial charge in [0.05, 0.1) is 5.69 Å². The maximum atomic E-state index is 12.4. The predicted molar refractivity (Wildman–Crippen MR) is 165 cm³/mol. The number of furan rings is 1. The first kappa shape index (κ1) is 27.3. The van der Waals surface area contributed by atoms with E-state index in [1.54, 1.807) is 16.9 Å². The third-order valence-corrected chi connectivity index (χ3v) is 6.95. The highest BCUT2D eigenvalue weighted by Crippen LogP contribution is 2.27. The minimum Gasteiger partial charge on any atom is -0.457 e. The molecule has 0 fully saturated rings. The van der Waals surface area contributed by atoms with Crippen molar-refractivity contribution < 1.29 is 9.21 Å². The number of anilines is 1. The summed E-state index contributed by atoms with van der Waals surface area (Å²) in [6.07, 6.45) is 6.36. The van der Waals surface area contributed by atoms with E-state index in [1.165, 1.54) is 24.5 Å². The largest absolute Gasteiger partial charge is 0.457 e. The van der Waals surface area contributed by atoms with Crippen LogP contribution >= 0.6 is 23.8 Å². The molecule has 7 nitrogen and oxygen atoms in total. The van der Waals surface area contributed by atoms with Gasteiger partial charge in [-0.2, -0.15) is 4.80 Å². The molecular weight excluding hydrogens is 542 g/mol. The second-order valence-corrected chi connectivity index (χ2v) is 10.2. The van der Waals surface area contributed by atoms with Crippen LogP contribution in [0, 0.1) is 6.92 Å². The van der Waals surface area contributed by atoms with Crippen LogP contribution in [-0.2, 0) is 11.2 Å². The van der Waals surface area contributed by atoms with E-state index in [9.17, 15) is 4.79 Å². The highest BCUT2D eigenvalue weighted by atomic mass is 35.5. The number of aromatic nitrogens is 3. The van der Waals surface area contributed by atoms with Crippen LogP contribution in [0.4, 0.5) is 5.69 Å². The van der Waals surface area contributed by atoms with E-state index in [0.29, 0.717) is 27.7 Å². The average Bonchev–Trinajstić information content (AvgIpc) is 3.60. The van der Waals surface area contributed by atoms with Crippen molar-refractivity contribution >= 4 is 57.6 Å². The fraction of sp³-hybridized carbons (Fsp3) is 0.161. The molecule has 3 aromatic carbocycles. The molecule has 0 unspecified atom stereocenters. The summed E-state index contributed by atoms with van der Waals surface area (Å²) in [6.45, 7) is 4.13. The number of rotatable bonds is 8. The van der Waals surface area contributed by atoms with E-state index in [-0.39, 0.29) is 11.0 Å². The molecule has 5 rings (SSSR count). The van der Waals surface area contributed by atoms with Crippen LogP contribution < -0.4 is 10.6 Å². The quantitative estimate of drug-likeness (QED) is 0.148. The van der Waals surface area contributed by atoms with E-state index in [4.69, 9.17) is 28.2 Å². The topological polar surface area (TPSA) is 85.0 Å². The predicted octanol–water partition coefficient (Wildman–Crippen LogP) is 7.51. The van der Waals surface area contributed by atoms with Crippen molar-refractivity contribution in [3.63, 3.8) is 0 Å². The molecule has 40 heavy (non-hydrogen) atoms. The first-order chi connectivity index (χ1) is 19.4. The highest BCUT2D eigenvalue weighted by Gasteiger charge is 2.09. The lowest BCUT2D eigenvalue weighted by atomic mass is 10.1. The number of hydrogen-bond acceptors (Lipinski definition) is 5. The maximum absolute atomic E-state index is 12.4. The zero-order chi connectivity index (χ0) is 28.1. The normalized spacial score (nSPS) is 11.3. The Labute approximate surface area is 242 Å². The fourth-order valence-corrected chi connectivity index (χ4v) is 4.50. The van der Waals surface area contributed by atoms with Crippen LogP contribution in [0.3, 0.4) is 0 Å². The molecule has 0 saturated carbocycles. The number of halogens is 1. The molecule has 5 aromatic rings. The fourth-order valence-electron chi connectivity index (χ4n) is 4.10. The summed E-state index contributed by atoms with van der Waals surface area (Å²) in [6, 6.07) is 23.2. The van der Waals surface area contributed by atoms with E-state index >= 15 is 0 Å². The first-order valence-electron chi connectivity index (χ1n) is 13.0. The van der Waals surface area contributed by atoms with Gasteiger partial charge in [-0.3, -0.25) is 10.1 Å². The Morgan fingerprint density at radius 3 is 2.60 bits per heavy atom. The minimum atomic E-state index is -0.386. The smallest absolute Gasteiger partial charge is 0.250 e. The summed E-state index contributed by atoms with van der Waals surface area (Å²) in [5.41, 5.74) is 6.21. The molecule has 0 bridgehead atoms. The third kappa shape index (κ3) is 6.65. The summed E-state index contributed by atoms with van der Waals surface area (Å²) < 4.78 is 5.82. The number of nitrogens with one attached hydrogen (secondary N) is 2. The van der Waals surface area contributed by atoms with Crippen molar-refractivity contribution in [3.8, 4) is 17.0 Å². The SMILES string of the molecule is CCCCc1ccc(-n2nc3ccc(NC(=S)NC(=O)/C=C/c4ccc(-c5ccc(C)c(Cl)c5)o4)cc3n2)cc1. The molecule has 9 heteroatoms. The first-order valence-corrected chi connectivity index (χ1v) is 13.8. The van der Waals surface area contributed by atoms with Gasteiger partial charge in [-0.25, -0.2) is 0 Å². The van der Waals surface area contributed by atoms with Crippen molar-refractivity contribution in [1.82, 2.24) is 20.3 Å². The summed E-state index contributed by atoms with van der Waals surface area (Å²) in [7, 11) is 0. The Hall–Kier alpha value is -4.27. The number of thiocarbonyl (C=S) groups is 1. The van der Waals surface area contributed by atoms with Gasteiger partial charge in [0.15, 0.2) is 5.11 Å². The van der Waals surface area contributed by atoms with Gasteiger partial charge in [0.2, 0.25) is 5.91 Å². The number of benzene rings is 3. The second-order valence-electron chi connectivity index (χ2n) is 9.41. The van der Waals surface area contributed by atoms with Crippen LogP contribution in [0.5, 0.6) is 0 Å². The Bertz CT molecular complexity index is 1700. The molecule has 2 N–H and O–H groups in total. The molecule has 2 heterocycles. The van der Waals surface area contributed by atoms with Gasteiger partial charge in [-0.05, 0) is 97.7 Å². The lowest BCUT2D eigenvalue weighted by Gasteiger charge is -2.07.